The second-order valence-corrected chi connectivity index (χ2v) is 10.6. The second kappa shape index (κ2) is 10.7. The summed E-state index contributed by atoms with van der Waals surface area (Å²) >= 11 is 7.07. The Balaban J connectivity index is 1.48. The lowest BCUT2D eigenvalue weighted by molar-refractivity contribution is -0.111. The van der Waals surface area contributed by atoms with Crippen molar-refractivity contribution in [3.05, 3.63) is 51.2 Å². The topological polar surface area (TPSA) is 117 Å². The smallest absolute Gasteiger partial charge is 0.414 e. The Kier molecular flexibility index (Phi) is 7.63. The number of nitrogens with one attached hydrogen (secondary N) is 2. The minimum Gasteiger partial charge on any atom is -0.442 e. The number of cyclic esters (lactones) is 1. The van der Waals surface area contributed by atoms with Gasteiger partial charge in [-0.2, -0.15) is 0 Å². The lowest BCUT2D eigenvalue weighted by atomic mass is 10.2. The monoisotopic (exact) mass is 517 g/mol. The van der Waals surface area contributed by atoms with Crippen molar-refractivity contribution in [1.29, 1.82) is 0 Å². The molecule has 3 amide bonds. The molecule has 0 saturated carbocycles. The number of anilines is 3. The zero-order chi connectivity index (χ0) is 25.1. The van der Waals surface area contributed by atoms with Crippen molar-refractivity contribution in [3.8, 4) is 0 Å². The number of nitrogens with zero attached hydrogens (tertiary/aromatic N) is 2. The zero-order valence-electron chi connectivity index (χ0n) is 19.5. The number of hydrogen-bond donors (Lipinski definition) is 3. The summed E-state index contributed by atoms with van der Waals surface area (Å²) in [6.45, 7) is 5.61. The number of nitrogens with two attached hydrogens (primary N) is 1. The van der Waals surface area contributed by atoms with Gasteiger partial charge in [0.15, 0.2) is 0 Å². The van der Waals surface area contributed by atoms with Gasteiger partial charge in [0, 0.05) is 30.9 Å². The van der Waals surface area contributed by atoms with Crippen LogP contribution in [0.25, 0.3) is 0 Å². The molecule has 35 heavy (non-hydrogen) atoms. The Morgan fingerprint density at radius 3 is 2.71 bits per heavy atom. The maximum Gasteiger partial charge on any atom is 0.414 e. The Hall–Kier alpha value is -3.08. The molecule has 4 N–H and O–H groups in total. The van der Waals surface area contributed by atoms with E-state index >= 15 is 0 Å². The van der Waals surface area contributed by atoms with Crippen LogP contribution in [0.4, 0.5) is 21.9 Å². The minimum atomic E-state index is -0.513. The molecule has 1 aromatic heterocycles. The van der Waals surface area contributed by atoms with E-state index in [1.165, 1.54) is 22.3 Å². The molecule has 2 saturated heterocycles. The van der Waals surface area contributed by atoms with Gasteiger partial charge in [-0.25, -0.2) is 4.79 Å². The standard InChI is InChI=1S/C24H28ClN5O4S/c1-14(2)9-22(31)28-18-10-16(3-4-19(18)29-8-7-15(26)12-29)30-13-17(34-24(30)33)11-27-23(32)20-5-6-21(25)35-20/h3-6,9-10,15,17H,7-8,11-13,26H2,1-2H3,(H,27,32)(H,28,31). The van der Waals surface area contributed by atoms with Crippen molar-refractivity contribution in [2.45, 2.75) is 32.4 Å². The maximum atomic E-state index is 12.6. The molecule has 0 spiro atoms. The van der Waals surface area contributed by atoms with E-state index in [0.717, 1.165) is 24.2 Å². The number of hydrogen-bond acceptors (Lipinski definition) is 7. The van der Waals surface area contributed by atoms with Crippen LogP contribution in [0, 0.1) is 0 Å². The highest BCUT2D eigenvalue weighted by Crippen LogP contribution is 2.34. The van der Waals surface area contributed by atoms with E-state index < -0.39 is 12.2 Å². The molecule has 4 rings (SSSR count). The molecule has 186 valence electrons. The highest BCUT2D eigenvalue weighted by Gasteiger charge is 2.33. The number of amides is 3. The first-order chi connectivity index (χ1) is 16.7. The van der Waals surface area contributed by atoms with Gasteiger partial charge in [-0.3, -0.25) is 14.5 Å². The number of benzene rings is 1. The summed E-state index contributed by atoms with van der Waals surface area (Å²) in [7, 11) is 0. The average molecular weight is 518 g/mol. The van der Waals surface area contributed by atoms with E-state index in [9.17, 15) is 14.4 Å². The van der Waals surface area contributed by atoms with Crippen LogP contribution in [0.1, 0.15) is 29.9 Å². The third-order valence-corrected chi connectivity index (χ3v) is 6.93. The van der Waals surface area contributed by atoms with E-state index in [1.807, 2.05) is 26.0 Å². The van der Waals surface area contributed by atoms with Gasteiger partial charge in [-0.1, -0.05) is 17.2 Å². The van der Waals surface area contributed by atoms with Gasteiger partial charge in [-0.15, -0.1) is 11.3 Å². The summed E-state index contributed by atoms with van der Waals surface area (Å²) in [5, 5.41) is 5.72. The second-order valence-electron chi connectivity index (χ2n) is 8.84. The van der Waals surface area contributed by atoms with Gasteiger partial charge in [0.1, 0.15) is 6.10 Å². The number of rotatable bonds is 7. The Bertz CT molecular complexity index is 1160. The van der Waals surface area contributed by atoms with Gasteiger partial charge in [0.25, 0.3) is 5.91 Å². The Morgan fingerprint density at radius 2 is 2.06 bits per heavy atom. The van der Waals surface area contributed by atoms with Crippen molar-refractivity contribution >= 4 is 57.9 Å². The van der Waals surface area contributed by atoms with Crippen LogP contribution in [0.5, 0.6) is 0 Å². The SMILES string of the molecule is CC(C)=CC(=O)Nc1cc(N2CC(CNC(=O)c3ccc(Cl)s3)OC2=O)ccc1N1CCC(N)C1. The molecular formula is C24H28ClN5O4S. The summed E-state index contributed by atoms with van der Waals surface area (Å²) in [6.07, 6.45) is 1.37. The summed E-state index contributed by atoms with van der Waals surface area (Å²) in [5.74, 6) is -0.515. The van der Waals surface area contributed by atoms with Gasteiger partial charge in [0.05, 0.1) is 33.7 Å². The van der Waals surface area contributed by atoms with E-state index in [0.29, 0.717) is 27.1 Å². The summed E-state index contributed by atoms with van der Waals surface area (Å²) < 4.78 is 5.99. The highest BCUT2D eigenvalue weighted by molar-refractivity contribution is 7.18. The molecule has 2 unspecified atom stereocenters. The molecule has 3 heterocycles. The number of carbonyl (C=O) groups is 3. The lowest BCUT2D eigenvalue weighted by Crippen LogP contribution is -2.34. The van der Waals surface area contributed by atoms with Crippen molar-refractivity contribution in [2.24, 2.45) is 5.73 Å². The molecular weight excluding hydrogens is 490 g/mol. The normalized spacial score (nSPS) is 19.5. The first-order valence-corrected chi connectivity index (χ1v) is 12.5. The molecule has 1 aromatic carbocycles. The van der Waals surface area contributed by atoms with E-state index in [2.05, 4.69) is 15.5 Å². The van der Waals surface area contributed by atoms with Crippen molar-refractivity contribution in [1.82, 2.24) is 5.32 Å². The molecule has 0 radical (unpaired) electrons. The largest absolute Gasteiger partial charge is 0.442 e. The third kappa shape index (κ3) is 6.14. The van der Waals surface area contributed by atoms with Crippen molar-refractivity contribution in [3.63, 3.8) is 0 Å². The van der Waals surface area contributed by atoms with Gasteiger partial charge >= 0.3 is 6.09 Å². The Labute approximate surface area is 212 Å². The molecule has 2 fully saturated rings. The minimum absolute atomic E-state index is 0.0748. The molecule has 2 atom stereocenters. The quantitative estimate of drug-likeness (QED) is 0.483. The predicted octanol–water partition coefficient (Wildman–Crippen LogP) is 3.60. The fraction of sp³-hybridized carbons (Fsp3) is 0.375. The molecule has 2 aliphatic heterocycles. The van der Waals surface area contributed by atoms with Crippen LogP contribution in [0.15, 0.2) is 42.0 Å². The van der Waals surface area contributed by atoms with Crippen LogP contribution in [0.2, 0.25) is 4.34 Å². The Morgan fingerprint density at radius 1 is 1.26 bits per heavy atom. The molecule has 0 bridgehead atoms. The molecule has 2 aromatic rings. The van der Waals surface area contributed by atoms with Crippen molar-refractivity contribution < 1.29 is 19.1 Å². The summed E-state index contributed by atoms with van der Waals surface area (Å²) in [5.41, 5.74) is 9.00. The van der Waals surface area contributed by atoms with E-state index in [1.54, 1.807) is 18.2 Å². The first-order valence-electron chi connectivity index (χ1n) is 11.3. The first kappa shape index (κ1) is 25.0. The number of halogens is 1. The fourth-order valence-electron chi connectivity index (χ4n) is 4.07. The fourth-order valence-corrected chi connectivity index (χ4v) is 5.03. The third-order valence-electron chi connectivity index (χ3n) is 5.70. The molecule has 0 aliphatic carbocycles. The van der Waals surface area contributed by atoms with Crippen LogP contribution < -0.4 is 26.2 Å². The van der Waals surface area contributed by atoms with Gasteiger partial charge in [0.2, 0.25) is 5.91 Å². The molecule has 9 nitrogen and oxygen atoms in total. The van der Waals surface area contributed by atoms with Gasteiger partial charge < -0.3 is 26.0 Å². The predicted molar refractivity (Wildman–Crippen MR) is 139 cm³/mol. The van der Waals surface area contributed by atoms with Gasteiger partial charge in [-0.05, 0) is 50.6 Å². The van der Waals surface area contributed by atoms with Crippen LogP contribution in [-0.4, -0.2) is 56.2 Å². The van der Waals surface area contributed by atoms with Crippen LogP contribution in [0.3, 0.4) is 0 Å². The number of carbonyl (C=O) groups excluding carboxylic acids is 3. The number of ether oxygens (including phenoxy) is 1. The van der Waals surface area contributed by atoms with Crippen molar-refractivity contribution in [2.75, 3.05) is 41.3 Å². The number of thiophene rings is 1. The zero-order valence-corrected chi connectivity index (χ0v) is 21.1. The highest BCUT2D eigenvalue weighted by atomic mass is 35.5. The molecule has 11 heteroatoms. The van der Waals surface area contributed by atoms with Crippen LogP contribution >= 0.6 is 22.9 Å². The molecule has 2 aliphatic rings. The number of allylic oxidation sites excluding steroid dienone is 1. The summed E-state index contributed by atoms with van der Waals surface area (Å²) in [6, 6.07) is 8.86. The van der Waals surface area contributed by atoms with E-state index in [-0.39, 0.29) is 30.9 Å². The lowest BCUT2D eigenvalue weighted by Gasteiger charge is -2.24. The average Bonchev–Trinajstić information content (AvgIpc) is 3.51. The summed E-state index contributed by atoms with van der Waals surface area (Å²) in [4.78, 5) is 41.5. The van der Waals surface area contributed by atoms with E-state index in [4.69, 9.17) is 22.1 Å². The van der Waals surface area contributed by atoms with Crippen LogP contribution in [-0.2, 0) is 9.53 Å². The maximum absolute atomic E-state index is 12.6.